The fourth-order valence-corrected chi connectivity index (χ4v) is 2.98. The third-order valence-corrected chi connectivity index (χ3v) is 4.53. The Balaban J connectivity index is 2.00. The molecule has 7 heteroatoms. The summed E-state index contributed by atoms with van der Waals surface area (Å²) in [6, 6.07) is 15.1. The first kappa shape index (κ1) is 17.1. The summed E-state index contributed by atoms with van der Waals surface area (Å²) < 4.78 is 26.2. The number of rotatable bonds is 7. The van der Waals surface area contributed by atoms with Crippen LogP contribution in [-0.4, -0.2) is 20.9 Å². The second kappa shape index (κ2) is 7.87. The van der Waals surface area contributed by atoms with Crippen molar-refractivity contribution in [2.24, 2.45) is 0 Å². The van der Waals surface area contributed by atoms with Gasteiger partial charge in [-0.2, -0.15) is 0 Å². The highest BCUT2D eigenvalue weighted by Gasteiger charge is 2.15. The highest BCUT2D eigenvalue weighted by Crippen LogP contribution is 2.11. The van der Waals surface area contributed by atoms with Crippen LogP contribution in [0, 0.1) is 0 Å². The summed E-state index contributed by atoms with van der Waals surface area (Å²) >= 11 is 0. The van der Waals surface area contributed by atoms with Crippen molar-refractivity contribution in [1.29, 1.82) is 0 Å². The lowest BCUT2D eigenvalue weighted by atomic mass is 10.2. The highest BCUT2D eigenvalue weighted by molar-refractivity contribution is 7.89. The lowest BCUT2D eigenvalue weighted by Gasteiger charge is -2.08. The first-order valence-electron chi connectivity index (χ1n) is 7.08. The second-order valence-corrected chi connectivity index (χ2v) is 6.50. The first-order chi connectivity index (χ1) is 11.0. The Morgan fingerprint density at radius 3 is 2.52 bits per heavy atom. The van der Waals surface area contributed by atoms with Crippen molar-refractivity contribution in [1.82, 2.24) is 10.2 Å². The van der Waals surface area contributed by atoms with E-state index in [1.807, 2.05) is 30.3 Å². The van der Waals surface area contributed by atoms with E-state index in [1.165, 1.54) is 24.3 Å². The van der Waals surface area contributed by atoms with E-state index in [4.69, 9.17) is 4.84 Å². The van der Waals surface area contributed by atoms with Crippen molar-refractivity contribution in [3.05, 3.63) is 65.7 Å². The summed E-state index contributed by atoms with van der Waals surface area (Å²) in [6.45, 7) is 2.19. The lowest BCUT2D eigenvalue weighted by molar-refractivity contribution is 0.0233. The van der Waals surface area contributed by atoms with Gasteiger partial charge in [0, 0.05) is 12.1 Å². The number of hydroxylamine groups is 1. The van der Waals surface area contributed by atoms with E-state index >= 15 is 0 Å². The van der Waals surface area contributed by atoms with Gasteiger partial charge in [0.05, 0.1) is 11.5 Å². The Labute approximate surface area is 135 Å². The summed E-state index contributed by atoms with van der Waals surface area (Å²) in [5.74, 6) is -0.505. The Morgan fingerprint density at radius 2 is 1.83 bits per heavy atom. The van der Waals surface area contributed by atoms with Gasteiger partial charge in [-0.25, -0.2) is 18.6 Å². The molecule has 0 saturated heterocycles. The van der Waals surface area contributed by atoms with E-state index in [1.54, 1.807) is 6.92 Å². The van der Waals surface area contributed by atoms with E-state index in [-0.39, 0.29) is 23.6 Å². The molecule has 23 heavy (non-hydrogen) atoms. The number of carbonyl (C=O) groups is 1. The molecule has 0 fully saturated rings. The normalized spacial score (nSPS) is 11.2. The van der Waals surface area contributed by atoms with Gasteiger partial charge in [-0.15, -0.1) is 0 Å². The molecule has 2 aromatic rings. The van der Waals surface area contributed by atoms with Crippen molar-refractivity contribution in [2.45, 2.75) is 18.4 Å². The van der Waals surface area contributed by atoms with Crippen LogP contribution in [0.5, 0.6) is 0 Å². The monoisotopic (exact) mass is 334 g/mol. The van der Waals surface area contributed by atoms with Gasteiger partial charge >= 0.3 is 0 Å². The van der Waals surface area contributed by atoms with Gasteiger partial charge in [-0.1, -0.05) is 43.3 Å². The summed E-state index contributed by atoms with van der Waals surface area (Å²) in [5, 5.41) is 0. The fourth-order valence-electron chi connectivity index (χ4n) is 1.90. The summed E-state index contributed by atoms with van der Waals surface area (Å²) in [6.07, 6.45) is 0. The largest absolute Gasteiger partial charge is 0.274 e. The van der Waals surface area contributed by atoms with Crippen molar-refractivity contribution in [3.8, 4) is 0 Å². The predicted octanol–water partition coefficient (Wildman–Crippen LogP) is 1.85. The summed E-state index contributed by atoms with van der Waals surface area (Å²) in [4.78, 5) is 17.2. The van der Waals surface area contributed by atoms with E-state index in [0.29, 0.717) is 0 Å². The molecule has 2 N–H and O–H groups in total. The third-order valence-electron chi connectivity index (χ3n) is 2.99. The smallest absolute Gasteiger partial charge is 0.269 e. The van der Waals surface area contributed by atoms with Gasteiger partial charge in [0.15, 0.2) is 0 Å². The van der Waals surface area contributed by atoms with Crippen molar-refractivity contribution < 1.29 is 18.0 Å². The van der Waals surface area contributed by atoms with E-state index < -0.39 is 15.9 Å². The van der Waals surface area contributed by atoms with Crippen molar-refractivity contribution >= 4 is 15.9 Å². The standard InChI is InChI=1S/C16H18N2O4S/c1-2-17-23(20,21)15-10-6-9-14(11-15)16(19)18-22-12-13-7-4-3-5-8-13/h3-11,17H,2,12H2,1H3,(H,18,19). The van der Waals surface area contributed by atoms with Crippen LogP contribution in [0.15, 0.2) is 59.5 Å². The molecule has 6 nitrogen and oxygen atoms in total. The molecule has 0 unspecified atom stereocenters. The molecule has 0 spiro atoms. The predicted molar refractivity (Wildman–Crippen MR) is 86.0 cm³/mol. The van der Waals surface area contributed by atoms with Gasteiger partial charge in [-0.3, -0.25) is 9.63 Å². The minimum absolute atomic E-state index is 0.0371. The summed E-state index contributed by atoms with van der Waals surface area (Å²) in [5.41, 5.74) is 3.42. The third kappa shape index (κ3) is 4.88. The summed E-state index contributed by atoms with van der Waals surface area (Å²) in [7, 11) is -3.60. The SMILES string of the molecule is CCNS(=O)(=O)c1cccc(C(=O)NOCc2ccccc2)c1. The van der Waals surface area contributed by atoms with Crippen LogP contribution in [0.3, 0.4) is 0 Å². The van der Waals surface area contributed by atoms with Crippen molar-refractivity contribution in [2.75, 3.05) is 6.54 Å². The number of sulfonamides is 1. The van der Waals surface area contributed by atoms with E-state index in [9.17, 15) is 13.2 Å². The quantitative estimate of drug-likeness (QED) is 0.757. The van der Waals surface area contributed by atoms with Crippen LogP contribution < -0.4 is 10.2 Å². The van der Waals surface area contributed by atoms with Gasteiger partial charge in [0.2, 0.25) is 10.0 Å². The highest BCUT2D eigenvalue weighted by atomic mass is 32.2. The van der Waals surface area contributed by atoms with Gasteiger partial charge in [-0.05, 0) is 23.8 Å². The van der Waals surface area contributed by atoms with Crippen LogP contribution in [0.2, 0.25) is 0 Å². The Hall–Kier alpha value is -2.22. The molecule has 0 aliphatic carbocycles. The van der Waals surface area contributed by atoms with Crippen LogP contribution >= 0.6 is 0 Å². The van der Waals surface area contributed by atoms with Crippen LogP contribution in [0.4, 0.5) is 0 Å². The number of hydrogen-bond donors (Lipinski definition) is 2. The Kier molecular flexibility index (Phi) is 5.86. The molecule has 0 aliphatic heterocycles. The molecule has 0 radical (unpaired) electrons. The maximum absolute atomic E-state index is 12.0. The molecule has 0 bridgehead atoms. The molecule has 122 valence electrons. The van der Waals surface area contributed by atoms with Crippen LogP contribution in [-0.2, 0) is 21.5 Å². The fraction of sp³-hybridized carbons (Fsp3) is 0.188. The number of benzene rings is 2. The van der Waals surface area contributed by atoms with Crippen LogP contribution in [0.1, 0.15) is 22.8 Å². The van der Waals surface area contributed by atoms with E-state index in [2.05, 4.69) is 10.2 Å². The van der Waals surface area contributed by atoms with Gasteiger partial charge in [0.25, 0.3) is 5.91 Å². The molecule has 0 heterocycles. The average molecular weight is 334 g/mol. The molecule has 1 amide bonds. The maximum atomic E-state index is 12.0. The molecular formula is C16H18N2O4S. The average Bonchev–Trinajstić information content (AvgIpc) is 2.56. The number of nitrogens with one attached hydrogen (secondary N) is 2. The zero-order valence-electron chi connectivity index (χ0n) is 12.7. The molecule has 0 aromatic heterocycles. The molecule has 2 rings (SSSR count). The molecule has 0 aliphatic rings. The number of hydrogen-bond acceptors (Lipinski definition) is 4. The minimum Gasteiger partial charge on any atom is -0.269 e. The minimum atomic E-state index is -3.60. The van der Waals surface area contributed by atoms with E-state index in [0.717, 1.165) is 5.56 Å². The van der Waals surface area contributed by atoms with Crippen molar-refractivity contribution in [3.63, 3.8) is 0 Å². The Bertz CT molecular complexity index is 761. The van der Waals surface area contributed by atoms with Crippen LogP contribution in [0.25, 0.3) is 0 Å². The zero-order chi connectivity index (χ0) is 16.7. The molecule has 0 saturated carbocycles. The topological polar surface area (TPSA) is 84.5 Å². The Morgan fingerprint density at radius 1 is 1.09 bits per heavy atom. The van der Waals surface area contributed by atoms with Gasteiger partial charge < -0.3 is 0 Å². The molecule has 2 aromatic carbocycles. The maximum Gasteiger partial charge on any atom is 0.274 e. The lowest BCUT2D eigenvalue weighted by Crippen LogP contribution is -2.25. The zero-order valence-corrected chi connectivity index (χ0v) is 13.5. The first-order valence-corrected chi connectivity index (χ1v) is 8.57. The number of carbonyl (C=O) groups excluding carboxylic acids is 1. The molecular weight excluding hydrogens is 316 g/mol. The molecule has 0 atom stereocenters. The number of amides is 1. The second-order valence-electron chi connectivity index (χ2n) is 4.73. The van der Waals surface area contributed by atoms with Gasteiger partial charge in [0.1, 0.15) is 0 Å².